The minimum Gasteiger partial charge on any atom is -0.342 e. The molecule has 1 N–H and O–H groups in total. The number of hydrogen-bond donors (Lipinski definition) is 1. The maximum absolute atomic E-state index is 12.5. The monoisotopic (exact) mass is 351 g/mol. The lowest BCUT2D eigenvalue weighted by atomic mass is 9.90. The molecule has 6 heteroatoms. The molecule has 1 aliphatic rings. The van der Waals surface area contributed by atoms with Crippen LogP contribution in [0.5, 0.6) is 0 Å². The average molecular weight is 351 g/mol. The molecule has 0 radical (unpaired) electrons. The van der Waals surface area contributed by atoms with Crippen molar-refractivity contribution in [3.8, 4) is 0 Å². The Kier molecular flexibility index (Phi) is 4.05. The average Bonchev–Trinajstić information content (AvgIpc) is 3.08. The fraction of sp³-hybridized carbons (Fsp3) is 0.450. The van der Waals surface area contributed by atoms with Crippen molar-refractivity contribution in [1.82, 2.24) is 19.7 Å². The van der Waals surface area contributed by atoms with Crippen LogP contribution in [0.4, 0.5) is 5.95 Å². The lowest BCUT2D eigenvalue weighted by Gasteiger charge is -2.32. The van der Waals surface area contributed by atoms with E-state index in [9.17, 15) is 4.79 Å². The SMILES string of the molecule is CC(C)(C)n1ncc2c(=O)[nH]c(N3CCC(c4ccccc4)CC3)nc21. The van der Waals surface area contributed by atoms with Gasteiger partial charge in [0.15, 0.2) is 5.65 Å². The molecule has 1 saturated heterocycles. The van der Waals surface area contributed by atoms with E-state index >= 15 is 0 Å². The molecular weight excluding hydrogens is 326 g/mol. The number of aromatic amines is 1. The Morgan fingerprint density at radius 1 is 1.12 bits per heavy atom. The van der Waals surface area contributed by atoms with Crippen LogP contribution in [0.25, 0.3) is 11.0 Å². The third-order valence-electron chi connectivity index (χ3n) is 5.13. The third-order valence-corrected chi connectivity index (χ3v) is 5.13. The van der Waals surface area contributed by atoms with Crippen LogP contribution in [-0.4, -0.2) is 32.8 Å². The van der Waals surface area contributed by atoms with Gasteiger partial charge in [-0.3, -0.25) is 9.78 Å². The Morgan fingerprint density at radius 2 is 1.81 bits per heavy atom. The number of aromatic nitrogens is 4. The van der Waals surface area contributed by atoms with Crippen molar-refractivity contribution in [3.05, 3.63) is 52.4 Å². The number of fused-ring (bicyclic) bond motifs is 1. The van der Waals surface area contributed by atoms with Crippen LogP contribution in [0.3, 0.4) is 0 Å². The van der Waals surface area contributed by atoms with E-state index in [1.165, 1.54) is 5.56 Å². The lowest BCUT2D eigenvalue weighted by Crippen LogP contribution is -2.35. The van der Waals surface area contributed by atoms with Crippen molar-refractivity contribution in [2.24, 2.45) is 0 Å². The molecule has 2 aromatic heterocycles. The van der Waals surface area contributed by atoms with Crippen molar-refractivity contribution in [3.63, 3.8) is 0 Å². The molecule has 4 rings (SSSR count). The summed E-state index contributed by atoms with van der Waals surface area (Å²) in [6.45, 7) is 7.96. The van der Waals surface area contributed by atoms with E-state index in [-0.39, 0.29) is 11.1 Å². The molecule has 0 bridgehead atoms. The van der Waals surface area contributed by atoms with Gasteiger partial charge in [0.2, 0.25) is 5.95 Å². The zero-order valence-electron chi connectivity index (χ0n) is 15.6. The van der Waals surface area contributed by atoms with Gasteiger partial charge in [0.05, 0.1) is 11.7 Å². The highest BCUT2D eigenvalue weighted by atomic mass is 16.1. The Morgan fingerprint density at radius 3 is 2.46 bits per heavy atom. The quantitative estimate of drug-likeness (QED) is 0.769. The number of rotatable bonds is 2. The Bertz CT molecular complexity index is 959. The van der Waals surface area contributed by atoms with E-state index in [4.69, 9.17) is 4.98 Å². The molecule has 0 saturated carbocycles. The largest absolute Gasteiger partial charge is 0.342 e. The smallest absolute Gasteiger partial charge is 0.263 e. The molecule has 26 heavy (non-hydrogen) atoms. The summed E-state index contributed by atoms with van der Waals surface area (Å²) < 4.78 is 1.83. The number of piperidine rings is 1. The molecule has 0 atom stereocenters. The van der Waals surface area contributed by atoms with Crippen molar-refractivity contribution in [1.29, 1.82) is 0 Å². The fourth-order valence-corrected chi connectivity index (χ4v) is 3.70. The number of nitrogens with zero attached hydrogens (tertiary/aromatic N) is 4. The van der Waals surface area contributed by atoms with Crippen molar-refractivity contribution < 1.29 is 0 Å². The maximum Gasteiger partial charge on any atom is 0.263 e. The van der Waals surface area contributed by atoms with E-state index < -0.39 is 0 Å². The lowest BCUT2D eigenvalue weighted by molar-refractivity contribution is 0.365. The van der Waals surface area contributed by atoms with Crippen LogP contribution < -0.4 is 10.5 Å². The molecule has 1 aliphatic heterocycles. The summed E-state index contributed by atoms with van der Waals surface area (Å²) in [5.74, 6) is 1.23. The molecule has 1 fully saturated rings. The topological polar surface area (TPSA) is 66.8 Å². The predicted molar refractivity (Wildman–Crippen MR) is 104 cm³/mol. The summed E-state index contributed by atoms with van der Waals surface area (Å²) in [6.07, 6.45) is 3.73. The normalized spacial score (nSPS) is 16.3. The molecule has 136 valence electrons. The first-order valence-corrected chi connectivity index (χ1v) is 9.22. The second-order valence-electron chi connectivity index (χ2n) is 8.03. The molecule has 0 aliphatic carbocycles. The second kappa shape index (κ2) is 6.27. The van der Waals surface area contributed by atoms with E-state index in [1.54, 1.807) is 6.20 Å². The number of hydrogen-bond acceptors (Lipinski definition) is 4. The minimum absolute atomic E-state index is 0.120. The van der Waals surface area contributed by atoms with Crippen LogP contribution >= 0.6 is 0 Å². The predicted octanol–water partition coefficient (Wildman–Crippen LogP) is 3.26. The summed E-state index contributed by atoms with van der Waals surface area (Å²) in [6, 6.07) is 10.7. The highest BCUT2D eigenvalue weighted by Gasteiger charge is 2.24. The number of H-pyrrole nitrogens is 1. The van der Waals surface area contributed by atoms with Crippen LogP contribution in [0.2, 0.25) is 0 Å². The first kappa shape index (κ1) is 16.8. The summed E-state index contributed by atoms with van der Waals surface area (Å²) in [5.41, 5.74) is 1.71. The number of nitrogens with one attached hydrogen (secondary N) is 1. The van der Waals surface area contributed by atoms with Crippen LogP contribution in [-0.2, 0) is 5.54 Å². The first-order valence-electron chi connectivity index (χ1n) is 9.22. The molecule has 0 unspecified atom stereocenters. The summed E-state index contributed by atoms with van der Waals surface area (Å²) >= 11 is 0. The van der Waals surface area contributed by atoms with E-state index in [2.05, 4.69) is 66.1 Å². The Balaban J connectivity index is 1.61. The highest BCUT2D eigenvalue weighted by molar-refractivity contribution is 5.74. The van der Waals surface area contributed by atoms with Crippen LogP contribution in [0.15, 0.2) is 41.3 Å². The number of anilines is 1. The van der Waals surface area contributed by atoms with Gasteiger partial charge in [-0.2, -0.15) is 10.1 Å². The minimum atomic E-state index is -0.222. The van der Waals surface area contributed by atoms with Gasteiger partial charge >= 0.3 is 0 Å². The Hall–Kier alpha value is -2.63. The number of benzene rings is 1. The summed E-state index contributed by atoms with van der Waals surface area (Å²) in [7, 11) is 0. The maximum atomic E-state index is 12.5. The zero-order valence-corrected chi connectivity index (χ0v) is 15.6. The van der Waals surface area contributed by atoms with Crippen molar-refractivity contribution in [2.45, 2.75) is 45.1 Å². The van der Waals surface area contributed by atoms with Gasteiger partial charge in [0.1, 0.15) is 5.39 Å². The van der Waals surface area contributed by atoms with E-state index in [0.717, 1.165) is 25.9 Å². The van der Waals surface area contributed by atoms with Gasteiger partial charge in [0.25, 0.3) is 5.56 Å². The molecule has 3 heterocycles. The van der Waals surface area contributed by atoms with Gasteiger partial charge in [0, 0.05) is 13.1 Å². The molecule has 3 aromatic rings. The summed E-state index contributed by atoms with van der Waals surface area (Å²) in [4.78, 5) is 22.4. The van der Waals surface area contributed by atoms with Gasteiger partial charge < -0.3 is 4.90 Å². The van der Waals surface area contributed by atoms with Crippen molar-refractivity contribution in [2.75, 3.05) is 18.0 Å². The third kappa shape index (κ3) is 3.00. The van der Waals surface area contributed by atoms with Gasteiger partial charge in [-0.05, 0) is 45.1 Å². The first-order chi connectivity index (χ1) is 12.4. The van der Waals surface area contributed by atoms with E-state index in [0.29, 0.717) is 22.9 Å². The Labute approximate surface area is 152 Å². The van der Waals surface area contributed by atoms with Crippen LogP contribution in [0, 0.1) is 0 Å². The van der Waals surface area contributed by atoms with Gasteiger partial charge in [-0.1, -0.05) is 30.3 Å². The van der Waals surface area contributed by atoms with Gasteiger partial charge in [-0.15, -0.1) is 0 Å². The zero-order chi connectivity index (χ0) is 18.3. The molecule has 0 spiro atoms. The molecule has 6 nitrogen and oxygen atoms in total. The molecular formula is C20H25N5O. The van der Waals surface area contributed by atoms with Crippen molar-refractivity contribution >= 4 is 17.0 Å². The molecule has 0 amide bonds. The second-order valence-corrected chi connectivity index (χ2v) is 8.03. The molecule has 1 aromatic carbocycles. The van der Waals surface area contributed by atoms with Gasteiger partial charge in [-0.25, -0.2) is 4.68 Å². The summed E-state index contributed by atoms with van der Waals surface area (Å²) in [5, 5.41) is 4.93. The fourth-order valence-electron chi connectivity index (χ4n) is 3.70. The van der Waals surface area contributed by atoms with Crippen LogP contribution in [0.1, 0.15) is 45.1 Å². The highest BCUT2D eigenvalue weighted by Crippen LogP contribution is 2.29. The van der Waals surface area contributed by atoms with E-state index in [1.807, 2.05) is 4.68 Å². The standard InChI is InChI=1S/C20H25N5O/c1-20(2,3)25-17-16(13-21-25)18(26)23-19(22-17)24-11-9-15(10-12-24)14-7-5-4-6-8-14/h4-8,13,15H,9-12H2,1-3H3,(H,22,23,26).